The third-order valence-electron chi connectivity index (χ3n) is 5.27. The highest BCUT2D eigenvalue weighted by Gasteiger charge is 2.47. The molecule has 0 radical (unpaired) electrons. The molecular formula is C20H28N2O3. The molecule has 1 atom stereocenters. The van der Waals surface area contributed by atoms with E-state index in [0.29, 0.717) is 12.1 Å². The molecule has 5 nitrogen and oxygen atoms in total. The first-order valence-electron chi connectivity index (χ1n) is 9.18. The minimum atomic E-state index is -1.54. The fourth-order valence-corrected chi connectivity index (χ4v) is 3.83. The fourth-order valence-electron chi connectivity index (χ4n) is 3.83. The van der Waals surface area contributed by atoms with Crippen molar-refractivity contribution < 1.29 is 14.6 Å². The maximum atomic E-state index is 12.9. The van der Waals surface area contributed by atoms with Gasteiger partial charge in [0.05, 0.1) is 13.2 Å². The van der Waals surface area contributed by atoms with E-state index in [2.05, 4.69) is 9.80 Å². The van der Waals surface area contributed by atoms with Gasteiger partial charge in [-0.3, -0.25) is 0 Å². The van der Waals surface area contributed by atoms with Crippen LogP contribution in [0.15, 0.2) is 42.7 Å². The number of carbonyl (C=O) groups is 1. The molecule has 3 rings (SSSR count). The Labute approximate surface area is 149 Å². The molecule has 0 aromatic heterocycles. The number of ether oxygens (including phenoxy) is 1. The predicted molar refractivity (Wildman–Crippen MR) is 96.3 cm³/mol. The van der Waals surface area contributed by atoms with Gasteiger partial charge < -0.3 is 19.6 Å². The maximum Gasteiger partial charge on any atom is 0.343 e. The Morgan fingerprint density at radius 2 is 1.92 bits per heavy atom. The summed E-state index contributed by atoms with van der Waals surface area (Å²) in [6.07, 6.45) is 8.98. The third kappa shape index (κ3) is 3.98. The molecule has 1 heterocycles. The van der Waals surface area contributed by atoms with Crippen molar-refractivity contribution in [2.24, 2.45) is 5.92 Å². The van der Waals surface area contributed by atoms with Gasteiger partial charge in [-0.2, -0.15) is 0 Å². The molecule has 1 unspecified atom stereocenters. The van der Waals surface area contributed by atoms with Gasteiger partial charge in [0.15, 0.2) is 5.60 Å². The smallest absolute Gasteiger partial charge is 0.343 e. The first kappa shape index (κ1) is 17.8. The zero-order valence-electron chi connectivity index (χ0n) is 14.9. The monoisotopic (exact) mass is 344 g/mol. The SMILES string of the molecule is CN1C=CN(CCOC(=O)C(O)(c2ccccc2)C2CCCCC2)C1. The molecule has 0 amide bonds. The number of rotatable bonds is 6. The first-order chi connectivity index (χ1) is 12.1. The van der Waals surface area contributed by atoms with Crippen LogP contribution in [-0.2, 0) is 15.1 Å². The molecule has 1 fully saturated rings. The van der Waals surface area contributed by atoms with Crippen LogP contribution >= 0.6 is 0 Å². The lowest BCUT2D eigenvalue weighted by Crippen LogP contribution is -2.45. The number of esters is 1. The standard InChI is InChI=1S/C20H28N2O3/c1-21-12-13-22(16-21)14-15-25-19(23)20(24,17-8-4-2-5-9-17)18-10-6-3-7-11-18/h2,4-5,8-9,12-13,18,24H,3,6-7,10-11,14-16H2,1H3. The second-order valence-electron chi connectivity index (χ2n) is 7.11. The van der Waals surface area contributed by atoms with E-state index < -0.39 is 11.6 Å². The number of benzene rings is 1. The molecule has 0 bridgehead atoms. The van der Waals surface area contributed by atoms with Gasteiger partial charge in [0.1, 0.15) is 6.61 Å². The summed E-state index contributed by atoms with van der Waals surface area (Å²) < 4.78 is 5.53. The topological polar surface area (TPSA) is 53.0 Å². The van der Waals surface area contributed by atoms with E-state index >= 15 is 0 Å². The van der Waals surface area contributed by atoms with Gasteiger partial charge in [0.2, 0.25) is 0 Å². The highest BCUT2D eigenvalue weighted by molar-refractivity contribution is 5.81. The van der Waals surface area contributed by atoms with Gasteiger partial charge in [-0.25, -0.2) is 4.79 Å². The van der Waals surface area contributed by atoms with Gasteiger partial charge in [0, 0.05) is 25.4 Å². The highest BCUT2D eigenvalue weighted by atomic mass is 16.5. The van der Waals surface area contributed by atoms with Crippen LogP contribution in [0.1, 0.15) is 37.7 Å². The summed E-state index contributed by atoms with van der Waals surface area (Å²) in [6, 6.07) is 9.27. The summed E-state index contributed by atoms with van der Waals surface area (Å²) >= 11 is 0. The Balaban J connectivity index is 1.68. The van der Waals surface area contributed by atoms with Crippen LogP contribution in [0.2, 0.25) is 0 Å². The van der Waals surface area contributed by atoms with Gasteiger partial charge >= 0.3 is 5.97 Å². The third-order valence-corrected chi connectivity index (χ3v) is 5.27. The van der Waals surface area contributed by atoms with Crippen molar-refractivity contribution >= 4 is 5.97 Å². The van der Waals surface area contributed by atoms with Crippen LogP contribution in [0.5, 0.6) is 0 Å². The van der Waals surface area contributed by atoms with E-state index in [4.69, 9.17) is 4.74 Å². The Hall–Kier alpha value is -2.01. The van der Waals surface area contributed by atoms with Gasteiger partial charge in [-0.15, -0.1) is 0 Å². The van der Waals surface area contributed by atoms with Crippen LogP contribution < -0.4 is 0 Å². The number of aliphatic hydroxyl groups is 1. The normalized spacial score (nSPS) is 20.6. The molecule has 1 saturated carbocycles. The predicted octanol–water partition coefficient (Wildman–Crippen LogP) is 2.67. The van der Waals surface area contributed by atoms with Crippen molar-refractivity contribution in [3.05, 3.63) is 48.3 Å². The van der Waals surface area contributed by atoms with Gasteiger partial charge in [-0.05, 0) is 18.4 Å². The first-order valence-corrected chi connectivity index (χ1v) is 9.18. The quantitative estimate of drug-likeness (QED) is 0.804. The molecule has 1 aliphatic carbocycles. The van der Waals surface area contributed by atoms with E-state index in [0.717, 1.165) is 32.4 Å². The Morgan fingerprint density at radius 3 is 2.56 bits per heavy atom. The van der Waals surface area contributed by atoms with Crippen LogP contribution in [0.4, 0.5) is 0 Å². The van der Waals surface area contributed by atoms with Crippen LogP contribution in [0, 0.1) is 5.92 Å². The summed E-state index contributed by atoms with van der Waals surface area (Å²) in [4.78, 5) is 17.0. The molecule has 2 aliphatic rings. The lowest BCUT2D eigenvalue weighted by molar-refractivity contribution is -0.176. The number of nitrogens with zero attached hydrogens (tertiary/aromatic N) is 2. The zero-order valence-corrected chi connectivity index (χ0v) is 14.9. The lowest BCUT2D eigenvalue weighted by atomic mass is 9.73. The van der Waals surface area contributed by atoms with E-state index in [1.807, 2.05) is 49.8 Å². The summed E-state index contributed by atoms with van der Waals surface area (Å²) in [5, 5.41) is 11.4. The summed E-state index contributed by atoms with van der Waals surface area (Å²) in [7, 11) is 2.00. The van der Waals surface area contributed by atoms with E-state index in [1.165, 1.54) is 6.42 Å². The lowest BCUT2D eigenvalue weighted by Gasteiger charge is -2.36. The second kappa shape index (κ2) is 7.91. The maximum absolute atomic E-state index is 12.9. The molecule has 25 heavy (non-hydrogen) atoms. The van der Waals surface area contributed by atoms with Gasteiger partial charge in [0.25, 0.3) is 0 Å². The van der Waals surface area contributed by atoms with Crippen LogP contribution in [0.3, 0.4) is 0 Å². The minimum Gasteiger partial charge on any atom is -0.461 e. The Bertz CT molecular complexity index is 598. The molecule has 1 N–H and O–H groups in total. The zero-order chi connectivity index (χ0) is 17.7. The van der Waals surface area contributed by atoms with Crippen molar-refractivity contribution in [2.75, 3.05) is 26.9 Å². The van der Waals surface area contributed by atoms with Crippen LogP contribution in [-0.4, -0.2) is 47.7 Å². The van der Waals surface area contributed by atoms with Crippen molar-refractivity contribution in [3.8, 4) is 0 Å². The second-order valence-corrected chi connectivity index (χ2v) is 7.11. The average Bonchev–Trinajstić information content (AvgIpc) is 3.07. The van der Waals surface area contributed by atoms with Crippen molar-refractivity contribution in [3.63, 3.8) is 0 Å². The number of hydrogen-bond donors (Lipinski definition) is 1. The molecular weight excluding hydrogens is 316 g/mol. The Morgan fingerprint density at radius 1 is 1.20 bits per heavy atom. The summed E-state index contributed by atoms with van der Waals surface area (Å²) in [5.41, 5.74) is -0.896. The number of hydrogen-bond acceptors (Lipinski definition) is 5. The summed E-state index contributed by atoms with van der Waals surface area (Å²) in [6.45, 7) is 1.70. The van der Waals surface area contributed by atoms with Crippen molar-refractivity contribution in [1.29, 1.82) is 0 Å². The molecule has 1 aromatic rings. The average molecular weight is 344 g/mol. The highest BCUT2D eigenvalue weighted by Crippen LogP contribution is 2.40. The van der Waals surface area contributed by atoms with Crippen LogP contribution in [0.25, 0.3) is 0 Å². The summed E-state index contributed by atoms with van der Waals surface area (Å²) in [5.74, 6) is -0.587. The van der Waals surface area contributed by atoms with Gasteiger partial charge in [-0.1, -0.05) is 49.6 Å². The number of carbonyl (C=O) groups excluding carboxylic acids is 1. The molecule has 5 heteroatoms. The van der Waals surface area contributed by atoms with Crippen molar-refractivity contribution in [1.82, 2.24) is 9.80 Å². The minimum absolute atomic E-state index is 0.0750. The van der Waals surface area contributed by atoms with E-state index in [9.17, 15) is 9.90 Å². The largest absolute Gasteiger partial charge is 0.461 e. The molecule has 136 valence electrons. The molecule has 1 aromatic carbocycles. The fraction of sp³-hybridized carbons (Fsp3) is 0.550. The van der Waals surface area contributed by atoms with Crippen molar-refractivity contribution in [2.45, 2.75) is 37.7 Å². The van der Waals surface area contributed by atoms with E-state index in [1.54, 1.807) is 0 Å². The molecule has 0 saturated heterocycles. The Kier molecular flexibility index (Phi) is 5.63. The molecule has 1 aliphatic heterocycles. The molecule has 0 spiro atoms. The van der Waals surface area contributed by atoms with E-state index in [-0.39, 0.29) is 12.5 Å².